The average molecular weight is 458 g/mol. The first-order chi connectivity index (χ1) is 16.0. The van der Waals surface area contributed by atoms with Crippen molar-refractivity contribution in [1.82, 2.24) is 14.9 Å². The highest BCUT2D eigenvalue weighted by Gasteiger charge is 2.20. The number of likely N-dealkylation sites (tertiary alicyclic amines) is 1. The van der Waals surface area contributed by atoms with Crippen LogP contribution < -0.4 is 9.47 Å². The molecule has 0 spiro atoms. The molecule has 1 aliphatic heterocycles. The molecule has 0 radical (unpaired) electrons. The quantitative estimate of drug-likeness (QED) is 0.496. The normalized spacial score (nSPS) is 15.3. The van der Waals surface area contributed by atoms with E-state index in [9.17, 15) is 13.9 Å². The van der Waals surface area contributed by atoms with Crippen LogP contribution in [0, 0.1) is 5.92 Å². The summed E-state index contributed by atoms with van der Waals surface area (Å²) in [5, 5.41) is 9.88. The van der Waals surface area contributed by atoms with E-state index in [0.29, 0.717) is 11.8 Å². The number of methoxy groups -OCH3 is 1. The topological polar surface area (TPSA) is 67.7 Å². The van der Waals surface area contributed by atoms with Crippen LogP contribution in [0.3, 0.4) is 0 Å². The first-order valence-electron chi connectivity index (χ1n) is 11.3. The van der Waals surface area contributed by atoms with Crippen LogP contribution in [0.2, 0.25) is 0 Å². The van der Waals surface area contributed by atoms with Gasteiger partial charge in [-0.3, -0.25) is 4.98 Å². The fourth-order valence-corrected chi connectivity index (χ4v) is 4.44. The minimum Gasteiger partial charge on any atom is -0.504 e. The number of ether oxygens (including phenoxy) is 2. The number of aromatic hydroxyl groups is 1. The molecule has 4 rings (SSSR count). The fourth-order valence-electron chi connectivity index (χ4n) is 4.44. The average Bonchev–Trinajstić information content (AvgIpc) is 2.83. The van der Waals surface area contributed by atoms with Crippen LogP contribution in [0.4, 0.5) is 8.78 Å². The van der Waals surface area contributed by atoms with Crippen LogP contribution in [0.25, 0.3) is 11.0 Å². The van der Waals surface area contributed by atoms with E-state index in [-0.39, 0.29) is 11.5 Å². The number of fused-ring (bicyclic) bond motifs is 1. The number of pyridine rings is 2. The Kier molecular flexibility index (Phi) is 7.54. The molecule has 0 bridgehead atoms. The molecule has 6 nitrogen and oxygen atoms in total. The van der Waals surface area contributed by atoms with Gasteiger partial charge < -0.3 is 19.5 Å². The molecule has 33 heavy (non-hydrogen) atoms. The van der Waals surface area contributed by atoms with E-state index >= 15 is 0 Å². The first-order valence-corrected chi connectivity index (χ1v) is 11.3. The molecular formula is C25H29F2N3O3. The SMILES string of the molecule is COc1ccc2nccc(CCN3CCC(CCc4ccc(OC(F)F)c(O)c4)CC3)c2n1. The van der Waals surface area contributed by atoms with Crippen LogP contribution >= 0.6 is 0 Å². The molecule has 8 heteroatoms. The number of nitrogens with zero attached hydrogens (tertiary/aromatic N) is 3. The van der Waals surface area contributed by atoms with Crippen LogP contribution in [-0.4, -0.2) is 53.3 Å². The lowest BCUT2D eigenvalue weighted by atomic mass is 9.90. The third-order valence-corrected chi connectivity index (χ3v) is 6.34. The Balaban J connectivity index is 1.24. The number of hydrogen-bond acceptors (Lipinski definition) is 6. The van der Waals surface area contributed by atoms with E-state index in [1.807, 2.05) is 24.4 Å². The maximum absolute atomic E-state index is 12.3. The number of phenols is 1. The standard InChI is InChI=1S/C25H29F2N3O3/c1-32-23-7-5-20-24(29-23)19(8-12-28-20)11-15-30-13-9-17(10-14-30)2-3-18-4-6-22(21(31)16-18)33-25(26)27/h4-8,12,16-17,25,31H,2-3,9-11,13-15H2,1H3. The van der Waals surface area contributed by atoms with Crippen molar-refractivity contribution in [3.8, 4) is 17.4 Å². The Labute approximate surface area is 192 Å². The number of benzene rings is 1. The molecule has 1 aromatic carbocycles. The van der Waals surface area contributed by atoms with E-state index in [1.165, 1.54) is 17.7 Å². The summed E-state index contributed by atoms with van der Waals surface area (Å²) >= 11 is 0. The number of piperidine rings is 1. The van der Waals surface area contributed by atoms with Crippen molar-refractivity contribution in [1.29, 1.82) is 0 Å². The lowest BCUT2D eigenvalue weighted by Crippen LogP contribution is -2.35. The summed E-state index contributed by atoms with van der Waals surface area (Å²) in [6.07, 6.45) is 6.83. The van der Waals surface area contributed by atoms with E-state index in [2.05, 4.69) is 19.6 Å². The number of halogens is 2. The summed E-state index contributed by atoms with van der Waals surface area (Å²) in [5.74, 6) is 0.797. The van der Waals surface area contributed by atoms with Crippen molar-refractivity contribution in [3.63, 3.8) is 0 Å². The maximum atomic E-state index is 12.3. The lowest BCUT2D eigenvalue weighted by molar-refractivity contribution is -0.0512. The second-order valence-electron chi connectivity index (χ2n) is 8.45. The molecule has 3 heterocycles. The molecule has 0 aliphatic carbocycles. The highest BCUT2D eigenvalue weighted by molar-refractivity contribution is 5.78. The molecular weight excluding hydrogens is 428 g/mol. The molecule has 0 saturated carbocycles. The molecule has 2 aromatic heterocycles. The lowest BCUT2D eigenvalue weighted by Gasteiger charge is -2.32. The zero-order valence-corrected chi connectivity index (χ0v) is 18.7. The van der Waals surface area contributed by atoms with Crippen LogP contribution in [-0.2, 0) is 12.8 Å². The highest BCUT2D eigenvalue weighted by atomic mass is 19.3. The zero-order chi connectivity index (χ0) is 23.2. The van der Waals surface area contributed by atoms with E-state index < -0.39 is 6.61 Å². The zero-order valence-electron chi connectivity index (χ0n) is 18.7. The molecule has 1 aliphatic rings. The third-order valence-electron chi connectivity index (χ3n) is 6.34. The molecule has 176 valence electrons. The van der Waals surface area contributed by atoms with Gasteiger partial charge >= 0.3 is 6.61 Å². The summed E-state index contributed by atoms with van der Waals surface area (Å²) in [6.45, 7) is 0.140. The Morgan fingerprint density at radius 2 is 1.94 bits per heavy atom. The number of rotatable bonds is 9. The number of aromatic nitrogens is 2. The van der Waals surface area contributed by atoms with E-state index in [1.54, 1.807) is 13.2 Å². The smallest absolute Gasteiger partial charge is 0.387 e. The van der Waals surface area contributed by atoms with Gasteiger partial charge in [0.2, 0.25) is 5.88 Å². The predicted octanol–water partition coefficient (Wildman–Crippen LogP) is 4.83. The Morgan fingerprint density at radius 1 is 1.12 bits per heavy atom. The van der Waals surface area contributed by atoms with Gasteiger partial charge in [0.05, 0.1) is 18.1 Å². The van der Waals surface area contributed by atoms with Crippen molar-refractivity contribution in [2.45, 2.75) is 38.7 Å². The molecule has 0 atom stereocenters. The van der Waals surface area contributed by atoms with Gasteiger partial charge in [-0.2, -0.15) is 8.78 Å². The van der Waals surface area contributed by atoms with Gasteiger partial charge in [-0.25, -0.2) is 4.98 Å². The van der Waals surface area contributed by atoms with Gasteiger partial charge in [-0.05, 0) is 86.5 Å². The third kappa shape index (κ3) is 6.07. The number of alkyl halides is 2. The Hall–Kier alpha value is -3.00. The Bertz CT molecular complexity index is 1070. The fraction of sp³-hybridized carbons (Fsp3) is 0.440. The van der Waals surface area contributed by atoms with E-state index in [4.69, 9.17) is 4.74 Å². The number of hydrogen-bond donors (Lipinski definition) is 1. The minimum atomic E-state index is -2.94. The number of aryl methyl sites for hydroxylation is 1. The van der Waals surface area contributed by atoms with Crippen molar-refractivity contribution in [3.05, 3.63) is 53.7 Å². The Morgan fingerprint density at radius 3 is 2.67 bits per heavy atom. The molecule has 1 saturated heterocycles. The van der Waals surface area contributed by atoms with Crippen LogP contribution in [0.15, 0.2) is 42.6 Å². The van der Waals surface area contributed by atoms with Crippen molar-refractivity contribution in [2.24, 2.45) is 5.92 Å². The molecule has 3 aromatic rings. The molecule has 0 unspecified atom stereocenters. The van der Waals surface area contributed by atoms with Gasteiger partial charge in [-0.15, -0.1) is 0 Å². The maximum Gasteiger partial charge on any atom is 0.387 e. The predicted molar refractivity (Wildman–Crippen MR) is 122 cm³/mol. The summed E-state index contributed by atoms with van der Waals surface area (Å²) in [4.78, 5) is 11.5. The monoisotopic (exact) mass is 457 g/mol. The van der Waals surface area contributed by atoms with Gasteiger partial charge in [0.1, 0.15) is 0 Å². The van der Waals surface area contributed by atoms with Crippen LogP contribution in [0.5, 0.6) is 17.4 Å². The van der Waals surface area contributed by atoms with Crippen molar-refractivity contribution < 1.29 is 23.4 Å². The second-order valence-corrected chi connectivity index (χ2v) is 8.45. The summed E-state index contributed by atoms with van der Waals surface area (Å²) in [6, 6.07) is 10.5. The summed E-state index contributed by atoms with van der Waals surface area (Å²) < 4.78 is 34.2. The first kappa shape index (κ1) is 23.2. The summed E-state index contributed by atoms with van der Waals surface area (Å²) in [5.41, 5.74) is 3.90. The molecule has 0 amide bonds. The van der Waals surface area contributed by atoms with Crippen molar-refractivity contribution in [2.75, 3.05) is 26.7 Å². The van der Waals surface area contributed by atoms with Crippen LogP contribution in [0.1, 0.15) is 30.4 Å². The van der Waals surface area contributed by atoms with Gasteiger partial charge in [-0.1, -0.05) is 6.07 Å². The van der Waals surface area contributed by atoms with E-state index in [0.717, 1.165) is 68.3 Å². The number of phenolic OH excluding ortho intramolecular Hbond substituents is 1. The molecule has 1 N–H and O–H groups in total. The minimum absolute atomic E-state index is 0.183. The largest absolute Gasteiger partial charge is 0.504 e. The molecule has 1 fully saturated rings. The summed E-state index contributed by atoms with van der Waals surface area (Å²) in [7, 11) is 1.62. The van der Waals surface area contributed by atoms with Crippen molar-refractivity contribution >= 4 is 11.0 Å². The van der Waals surface area contributed by atoms with Gasteiger partial charge in [0.25, 0.3) is 0 Å². The highest BCUT2D eigenvalue weighted by Crippen LogP contribution is 2.30. The second kappa shape index (κ2) is 10.7. The van der Waals surface area contributed by atoms with Gasteiger partial charge in [0, 0.05) is 18.8 Å². The van der Waals surface area contributed by atoms with Gasteiger partial charge in [0.15, 0.2) is 11.5 Å².